The van der Waals surface area contributed by atoms with E-state index in [1.165, 1.54) is 29.5 Å². The number of benzene rings is 1. The zero-order valence-electron chi connectivity index (χ0n) is 12.6. The third kappa shape index (κ3) is 3.70. The summed E-state index contributed by atoms with van der Waals surface area (Å²) in [5.74, 6) is -0.736. The lowest BCUT2D eigenvalue weighted by Gasteiger charge is -2.05. The first-order valence-electron chi connectivity index (χ1n) is 7.12. The van der Waals surface area contributed by atoms with Gasteiger partial charge in [-0.1, -0.05) is 0 Å². The van der Waals surface area contributed by atoms with Crippen LogP contribution in [-0.2, 0) is 4.79 Å². The SMILES string of the molecule is Cc1ccc(C(=O)CCC(=O)Nc2ccc3c(c2)OC(F)(F)O3)s1. The van der Waals surface area contributed by atoms with Crippen LogP contribution in [0.1, 0.15) is 27.4 Å². The molecule has 0 radical (unpaired) electrons. The van der Waals surface area contributed by atoms with E-state index in [-0.39, 0.29) is 36.0 Å². The van der Waals surface area contributed by atoms with Crippen molar-refractivity contribution in [2.24, 2.45) is 0 Å². The van der Waals surface area contributed by atoms with Crippen LogP contribution in [0.5, 0.6) is 11.5 Å². The molecule has 0 aliphatic carbocycles. The second-order valence-electron chi connectivity index (χ2n) is 5.21. The van der Waals surface area contributed by atoms with Crippen molar-refractivity contribution in [2.45, 2.75) is 26.1 Å². The second-order valence-corrected chi connectivity index (χ2v) is 6.50. The predicted molar refractivity (Wildman–Crippen MR) is 83.9 cm³/mol. The smallest absolute Gasteiger partial charge is 0.395 e. The molecule has 1 aromatic heterocycles. The Morgan fingerprint density at radius 3 is 2.58 bits per heavy atom. The zero-order valence-corrected chi connectivity index (χ0v) is 13.4. The molecular weight excluding hydrogens is 340 g/mol. The van der Waals surface area contributed by atoms with Gasteiger partial charge in [0.2, 0.25) is 5.91 Å². The Bertz CT molecular complexity index is 803. The lowest BCUT2D eigenvalue weighted by atomic mass is 10.2. The minimum Gasteiger partial charge on any atom is -0.395 e. The van der Waals surface area contributed by atoms with Crippen LogP contribution in [0.4, 0.5) is 14.5 Å². The summed E-state index contributed by atoms with van der Waals surface area (Å²) in [6.07, 6.45) is -3.62. The van der Waals surface area contributed by atoms with Gasteiger partial charge in [0.1, 0.15) is 0 Å². The summed E-state index contributed by atoms with van der Waals surface area (Å²) in [6.45, 7) is 1.90. The van der Waals surface area contributed by atoms with Gasteiger partial charge in [-0.05, 0) is 31.2 Å². The summed E-state index contributed by atoms with van der Waals surface area (Å²) in [5, 5.41) is 2.54. The third-order valence-electron chi connectivity index (χ3n) is 3.28. The summed E-state index contributed by atoms with van der Waals surface area (Å²) >= 11 is 1.38. The first-order valence-corrected chi connectivity index (χ1v) is 7.93. The molecule has 0 saturated heterocycles. The molecule has 0 spiro atoms. The van der Waals surface area contributed by atoms with Crippen molar-refractivity contribution in [1.82, 2.24) is 0 Å². The molecule has 0 atom stereocenters. The van der Waals surface area contributed by atoms with Crippen LogP contribution in [0, 0.1) is 6.92 Å². The summed E-state index contributed by atoms with van der Waals surface area (Å²) in [5.41, 5.74) is 0.291. The lowest BCUT2D eigenvalue weighted by molar-refractivity contribution is -0.286. The molecule has 126 valence electrons. The Labute approximate surface area is 140 Å². The summed E-state index contributed by atoms with van der Waals surface area (Å²) in [6, 6.07) is 7.54. The van der Waals surface area contributed by atoms with E-state index in [9.17, 15) is 18.4 Å². The number of hydrogen-bond donors (Lipinski definition) is 1. The number of nitrogens with one attached hydrogen (secondary N) is 1. The number of anilines is 1. The van der Waals surface area contributed by atoms with E-state index in [4.69, 9.17) is 0 Å². The van der Waals surface area contributed by atoms with E-state index < -0.39 is 6.29 Å². The molecule has 0 unspecified atom stereocenters. The Morgan fingerprint density at radius 1 is 1.12 bits per heavy atom. The van der Waals surface area contributed by atoms with Crippen molar-refractivity contribution in [3.05, 3.63) is 40.1 Å². The molecule has 0 saturated carbocycles. The van der Waals surface area contributed by atoms with Crippen molar-refractivity contribution in [3.63, 3.8) is 0 Å². The topological polar surface area (TPSA) is 64.6 Å². The molecular formula is C16H13F2NO4S. The second kappa shape index (κ2) is 6.20. The minimum atomic E-state index is -3.70. The van der Waals surface area contributed by atoms with Gasteiger partial charge < -0.3 is 14.8 Å². The number of carbonyl (C=O) groups excluding carboxylic acids is 2. The van der Waals surface area contributed by atoms with Crippen LogP contribution in [0.2, 0.25) is 0 Å². The number of aryl methyl sites for hydroxylation is 1. The van der Waals surface area contributed by atoms with E-state index in [1.54, 1.807) is 6.07 Å². The van der Waals surface area contributed by atoms with Gasteiger partial charge in [0.25, 0.3) is 0 Å². The number of carbonyl (C=O) groups is 2. The lowest BCUT2D eigenvalue weighted by Crippen LogP contribution is -2.25. The average Bonchev–Trinajstić information content (AvgIpc) is 3.06. The highest BCUT2D eigenvalue weighted by Gasteiger charge is 2.43. The molecule has 1 aliphatic heterocycles. The fourth-order valence-electron chi connectivity index (χ4n) is 2.18. The number of amides is 1. The molecule has 0 fully saturated rings. The maximum atomic E-state index is 12.9. The molecule has 8 heteroatoms. The molecule has 0 bridgehead atoms. The summed E-state index contributed by atoms with van der Waals surface area (Å²) in [7, 11) is 0. The number of fused-ring (bicyclic) bond motifs is 1. The monoisotopic (exact) mass is 353 g/mol. The van der Waals surface area contributed by atoms with Crippen LogP contribution in [-0.4, -0.2) is 18.0 Å². The number of rotatable bonds is 5. The molecule has 1 amide bonds. The van der Waals surface area contributed by atoms with Gasteiger partial charge in [-0.2, -0.15) is 0 Å². The molecule has 3 rings (SSSR count). The summed E-state index contributed by atoms with van der Waals surface area (Å²) < 4.78 is 34.5. The van der Waals surface area contributed by atoms with Crippen molar-refractivity contribution < 1.29 is 27.8 Å². The fraction of sp³-hybridized carbons (Fsp3) is 0.250. The highest BCUT2D eigenvalue weighted by molar-refractivity contribution is 7.14. The van der Waals surface area contributed by atoms with Gasteiger partial charge in [-0.15, -0.1) is 20.1 Å². The van der Waals surface area contributed by atoms with E-state index in [1.807, 2.05) is 13.0 Å². The summed E-state index contributed by atoms with van der Waals surface area (Å²) in [4.78, 5) is 25.5. The maximum Gasteiger partial charge on any atom is 0.586 e. The standard InChI is InChI=1S/C16H13F2NO4S/c1-9-2-6-14(24-9)11(20)4-7-15(21)19-10-3-5-12-13(8-10)23-16(17,18)22-12/h2-3,5-6,8H,4,7H2,1H3,(H,19,21). The molecule has 5 nitrogen and oxygen atoms in total. The van der Waals surface area contributed by atoms with Crippen molar-refractivity contribution >= 4 is 28.7 Å². The van der Waals surface area contributed by atoms with Crippen LogP contribution in [0.25, 0.3) is 0 Å². The van der Waals surface area contributed by atoms with E-state index in [2.05, 4.69) is 14.8 Å². The molecule has 2 aromatic rings. The molecule has 24 heavy (non-hydrogen) atoms. The van der Waals surface area contributed by atoms with Crippen LogP contribution in [0.3, 0.4) is 0 Å². The third-order valence-corrected chi connectivity index (χ3v) is 4.32. The van der Waals surface area contributed by atoms with Crippen molar-refractivity contribution in [1.29, 1.82) is 0 Å². The predicted octanol–water partition coefficient (Wildman–Crippen LogP) is 3.98. The van der Waals surface area contributed by atoms with Crippen LogP contribution in [0.15, 0.2) is 30.3 Å². The van der Waals surface area contributed by atoms with Crippen LogP contribution < -0.4 is 14.8 Å². The van der Waals surface area contributed by atoms with Gasteiger partial charge in [0.05, 0.1) is 4.88 Å². The first kappa shape index (κ1) is 16.4. The Balaban J connectivity index is 1.55. The average molecular weight is 353 g/mol. The molecule has 1 N–H and O–H groups in total. The van der Waals surface area contributed by atoms with E-state index >= 15 is 0 Å². The van der Waals surface area contributed by atoms with Crippen LogP contribution >= 0.6 is 11.3 Å². The number of Topliss-reactive ketones (excluding diaryl/α,β-unsaturated/α-hetero) is 1. The highest BCUT2D eigenvalue weighted by Crippen LogP contribution is 2.42. The first-order chi connectivity index (χ1) is 11.3. The quantitative estimate of drug-likeness (QED) is 0.826. The number of ketones is 1. The Morgan fingerprint density at radius 2 is 1.88 bits per heavy atom. The van der Waals surface area contributed by atoms with Gasteiger partial charge in [0, 0.05) is 29.5 Å². The number of alkyl halides is 2. The van der Waals surface area contributed by atoms with Gasteiger partial charge >= 0.3 is 6.29 Å². The van der Waals surface area contributed by atoms with Crippen molar-refractivity contribution in [2.75, 3.05) is 5.32 Å². The largest absolute Gasteiger partial charge is 0.586 e. The minimum absolute atomic E-state index is 0.000380. The van der Waals surface area contributed by atoms with Gasteiger partial charge in [0.15, 0.2) is 17.3 Å². The number of halogens is 2. The Hall–Kier alpha value is -2.48. The zero-order chi connectivity index (χ0) is 17.3. The molecule has 1 aliphatic rings. The number of ether oxygens (including phenoxy) is 2. The fourth-order valence-corrected chi connectivity index (χ4v) is 3.02. The van der Waals surface area contributed by atoms with Gasteiger partial charge in [-0.3, -0.25) is 9.59 Å². The highest BCUT2D eigenvalue weighted by atomic mass is 32.1. The van der Waals surface area contributed by atoms with E-state index in [0.29, 0.717) is 10.6 Å². The molecule has 2 heterocycles. The maximum absolute atomic E-state index is 12.9. The van der Waals surface area contributed by atoms with Crippen molar-refractivity contribution in [3.8, 4) is 11.5 Å². The number of hydrogen-bond acceptors (Lipinski definition) is 5. The normalized spacial score (nSPS) is 14.5. The van der Waals surface area contributed by atoms with Gasteiger partial charge in [-0.25, -0.2) is 0 Å². The number of thiophene rings is 1. The Kier molecular flexibility index (Phi) is 4.23. The van der Waals surface area contributed by atoms with E-state index in [0.717, 1.165) is 4.88 Å². The molecule has 1 aromatic carbocycles.